The van der Waals surface area contributed by atoms with Gasteiger partial charge in [0.1, 0.15) is 19.3 Å². The Kier molecular flexibility index (Phi) is 81.3. The SMILES string of the molecule is CCCCCCCCCCCCCCCCCCCCCCC(=O)O[C@H](COC(=O)CCCCCCCCCC(C)C)COP(=O)(O)OC[C@H](O)COP(=O)(O)OC[C@@H](COC(=O)CCCCCCCCCCCCCCCCCCCCC(C)C)OC(=O)CCCCCCCCCCCCCCCCCCCCC(C)C. The lowest BCUT2D eigenvalue weighted by atomic mass is 10.0. The minimum absolute atomic E-state index is 0.108. The molecule has 5 atom stereocenters. The number of rotatable bonds is 91. The van der Waals surface area contributed by atoms with Gasteiger partial charge >= 0.3 is 39.5 Å². The van der Waals surface area contributed by atoms with Gasteiger partial charge in [-0.05, 0) is 43.4 Å². The van der Waals surface area contributed by atoms with Gasteiger partial charge in [0.25, 0.3) is 0 Å². The Balaban J connectivity index is 5.21. The van der Waals surface area contributed by atoms with Crippen molar-refractivity contribution in [3.05, 3.63) is 0 Å². The largest absolute Gasteiger partial charge is 0.472 e. The predicted octanol–water partition coefficient (Wildman–Crippen LogP) is 28.8. The second-order valence-corrected chi connectivity index (χ2v) is 37.7. The van der Waals surface area contributed by atoms with Gasteiger partial charge in [-0.1, -0.05) is 447 Å². The van der Waals surface area contributed by atoms with Gasteiger partial charge in [0, 0.05) is 25.7 Å². The maximum Gasteiger partial charge on any atom is 0.472 e. The van der Waals surface area contributed by atoms with E-state index in [-0.39, 0.29) is 25.7 Å². The number of aliphatic hydroxyl groups is 1. The van der Waals surface area contributed by atoms with Crippen LogP contribution in [0.5, 0.6) is 0 Å². The maximum absolute atomic E-state index is 13.2. The summed E-state index contributed by atoms with van der Waals surface area (Å²) in [7, 11) is -9.94. The van der Waals surface area contributed by atoms with Crippen molar-refractivity contribution in [3.8, 4) is 0 Å². The summed E-state index contributed by atoms with van der Waals surface area (Å²) in [5.74, 6) is 0.250. The van der Waals surface area contributed by atoms with Crippen LogP contribution in [0.1, 0.15) is 498 Å². The van der Waals surface area contributed by atoms with Crippen molar-refractivity contribution in [2.75, 3.05) is 39.6 Å². The normalized spacial score (nSPS) is 13.8. The van der Waals surface area contributed by atoms with Gasteiger partial charge in [0.15, 0.2) is 12.2 Å². The summed E-state index contributed by atoms with van der Waals surface area (Å²) in [6, 6.07) is 0. The van der Waals surface area contributed by atoms with Gasteiger partial charge in [0.05, 0.1) is 26.4 Å². The second-order valence-electron chi connectivity index (χ2n) is 34.8. The minimum Gasteiger partial charge on any atom is -0.462 e. The smallest absolute Gasteiger partial charge is 0.462 e. The standard InChI is InChI=1S/C93H182O17P2/c1-8-9-10-11-12-13-14-15-16-17-18-19-27-32-37-42-47-54-62-70-77-93(98)110-89(81-104-91(96)75-68-61-56-49-52-59-66-73-86(6)7)83-108-112(101,102)106-79-87(94)78-105-111(99,100)107-82-88(109-92(97)76-69-63-55-48-43-38-33-28-23-21-25-30-35-40-45-51-58-65-72-85(4)5)80-103-90(95)74-67-60-53-46-41-36-31-26-22-20-24-29-34-39-44-50-57-64-71-84(2)3/h84-89,94H,8-83H2,1-7H3,(H,99,100)(H,101,102)/t87-,88-,89-/m1/s1. The molecule has 0 bridgehead atoms. The Morgan fingerprint density at radius 2 is 0.411 bits per heavy atom. The van der Waals surface area contributed by atoms with Crippen LogP contribution in [0.2, 0.25) is 0 Å². The molecule has 0 rings (SSSR count). The molecule has 0 radical (unpaired) electrons. The summed E-state index contributed by atoms with van der Waals surface area (Å²) >= 11 is 0. The van der Waals surface area contributed by atoms with E-state index in [9.17, 15) is 43.2 Å². The van der Waals surface area contributed by atoms with Crippen LogP contribution in [-0.4, -0.2) is 96.7 Å². The van der Waals surface area contributed by atoms with Crippen molar-refractivity contribution in [2.24, 2.45) is 17.8 Å². The molecule has 0 aromatic heterocycles. The highest BCUT2D eigenvalue weighted by atomic mass is 31.2. The van der Waals surface area contributed by atoms with Crippen molar-refractivity contribution in [3.63, 3.8) is 0 Å². The van der Waals surface area contributed by atoms with Crippen molar-refractivity contribution in [1.82, 2.24) is 0 Å². The molecule has 666 valence electrons. The average molecular weight is 1630 g/mol. The molecular formula is C93H182O17P2. The molecule has 0 amide bonds. The second kappa shape index (κ2) is 82.7. The highest BCUT2D eigenvalue weighted by Gasteiger charge is 2.31. The summed E-state index contributed by atoms with van der Waals surface area (Å²) in [6.07, 6.45) is 76.7. The van der Waals surface area contributed by atoms with Crippen molar-refractivity contribution in [1.29, 1.82) is 0 Å². The first-order valence-corrected chi connectivity index (χ1v) is 50.8. The Morgan fingerprint density at radius 1 is 0.241 bits per heavy atom. The predicted molar refractivity (Wildman–Crippen MR) is 465 cm³/mol. The average Bonchev–Trinajstić information content (AvgIpc) is 0.897. The highest BCUT2D eigenvalue weighted by molar-refractivity contribution is 7.47. The van der Waals surface area contributed by atoms with Crippen LogP contribution in [0.4, 0.5) is 0 Å². The molecule has 0 saturated heterocycles. The fourth-order valence-corrected chi connectivity index (χ4v) is 16.2. The molecule has 0 spiro atoms. The molecular weight excluding hydrogens is 1450 g/mol. The van der Waals surface area contributed by atoms with E-state index in [0.717, 1.165) is 108 Å². The molecule has 0 fully saturated rings. The molecule has 0 aliphatic heterocycles. The fourth-order valence-electron chi connectivity index (χ4n) is 14.6. The Labute approximate surface area is 689 Å². The quantitative estimate of drug-likeness (QED) is 0.0222. The third kappa shape index (κ3) is 85.9. The van der Waals surface area contributed by atoms with Gasteiger partial charge in [-0.2, -0.15) is 0 Å². The number of hydrogen-bond donors (Lipinski definition) is 3. The molecule has 112 heavy (non-hydrogen) atoms. The molecule has 0 aliphatic carbocycles. The highest BCUT2D eigenvalue weighted by Crippen LogP contribution is 2.45. The zero-order valence-corrected chi connectivity index (χ0v) is 75.9. The molecule has 3 N–H and O–H groups in total. The number of carbonyl (C=O) groups excluding carboxylic acids is 4. The van der Waals surface area contributed by atoms with Crippen molar-refractivity contribution in [2.45, 2.75) is 516 Å². The van der Waals surface area contributed by atoms with Crippen LogP contribution in [-0.2, 0) is 65.4 Å². The van der Waals surface area contributed by atoms with E-state index >= 15 is 0 Å². The number of ether oxygens (including phenoxy) is 4. The Hall–Kier alpha value is -1.94. The molecule has 0 saturated carbocycles. The molecule has 0 heterocycles. The molecule has 17 nitrogen and oxygen atoms in total. The first-order chi connectivity index (χ1) is 54.2. The van der Waals surface area contributed by atoms with Gasteiger partial charge in [0.2, 0.25) is 0 Å². The summed E-state index contributed by atoms with van der Waals surface area (Å²) in [5, 5.41) is 10.7. The Bertz CT molecular complexity index is 2150. The lowest BCUT2D eigenvalue weighted by molar-refractivity contribution is -0.161. The first-order valence-electron chi connectivity index (χ1n) is 47.8. The van der Waals surface area contributed by atoms with E-state index in [0.29, 0.717) is 31.6 Å². The van der Waals surface area contributed by atoms with E-state index < -0.39 is 97.5 Å². The van der Waals surface area contributed by atoms with E-state index in [1.54, 1.807) is 0 Å². The number of phosphoric acid groups is 2. The van der Waals surface area contributed by atoms with E-state index in [1.807, 2.05) is 0 Å². The number of phosphoric ester groups is 2. The molecule has 0 aromatic carbocycles. The summed E-state index contributed by atoms with van der Waals surface area (Å²) in [4.78, 5) is 73.4. The van der Waals surface area contributed by atoms with Gasteiger partial charge < -0.3 is 33.8 Å². The van der Waals surface area contributed by atoms with E-state index in [4.69, 9.17) is 37.0 Å². The number of unbranched alkanes of at least 4 members (excludes halogenated alkanes) is 59. The number of esters is 4. The molecule has 2 unspecified atom stereocenters. The minimum atomic E-state index is -4.97. The zero-order valence-electron chi connectivity index (χ0n) is 74.2. The number of aliphatic hydroxyl groups excluding tert-OH is 1. The maximum atomic E-state index is 13.2. The van der Waals surface area contributed by atoms with Crippen molar-refractivity contribution >= 4 is 39.5 Å². The summed E-state index contributed by atoms with van der Waals surface area (Å²) < 4.78 is 69.1. The van der Waals surface area contributed by atoms with Crippen LogP contribution in [0.15, 0.2) is 0 Å². The van der Waals surface area contributed by atoms with Gasteiger partial charge in [-0.15, -0.1) is 0 Å². The van der Waals surface area contributed by atoms with E-state index in [1.165, 1.54) is 302 Å². The number of hydrogen-bond acceptors (Lipinski definition) is 15. The lowest BCUT2D eigenvalue weighted by Crippen LogP contribution is -2.30. The van der Waals surface area contributed by atoms with Gasteiger partial charge in [-0.3, -0.25) is 37.3 Å². The summed E-state index contributed by atoms with van der Waals surface area (Å²) in [6.45, 7) is 12.0. The summed E-state index contributed by atoms with van der Waals surface area (Å²) in [5.41, 5.74) is 0. The fraction of sp³-hybridized carbons (Fsp3) is 0.957. The topological polar surface area (TPSA) is 237 Å². The van der Waals surface area contributed by atoms with Crippen LogP contribution < -0.4 is 0 Å². The van der Waals surface area contributed by atoms with Crippen molar-refractivity contribution < 1.29 is 80.2 Å². The molecule has 0 aliphatic rings. The van der Waals surface area contributed by atoms with Crippen LogP contribution in [0, 0.1) is 17.8 Å². The molecule has 19 heteroatoms. The monoisotopic (exact) mass is 1630 g/mol. The van der Waals surface area contributed by atoms with Crippen LogP contribution in [0.3, 0.4) is 0 Å². The van der Waals surface area contributed by atoms with E-state index in [2.05, 4.69) is 48.5 Å². The van der Waals surface area contributed by atoms with Crippen LogP contribution in [0.25, 0.3) is 0 Å². The van der Waals surface area contributed by atoms with Crippen LogP contribution >= 0.6 is 15.6 Å². The third-order valence-corrected chi connectivity index (χ3v) is 23.8. The number of carbonyl (C=O) groups is 4. The Morgan fingerprint density at radius 3 is 0.607 bits per heavy atom. The molecule has 0 aromatic rings. The zero-order chi connectivity index (χ0) is 82.2. The first kappa shape index (κ1) is 110. The third-order valence-electron chi connectivity index (χ3n) is 21.9. The van der Waals surface area contributed by atoms with Gasteiger partial charge in [-0.25, -0.2) is 9.13 Å². The lowest BCUT2D eigenvalue weighted by Gasteiger charge is -2.21.